The van der Waals surface area contributed by atoms with Crippen molar-refractivity contribution in [1.82, 2.24) is 15.1 Å². The number of rotatable bonds is 5. The van der Waals surface area contributed by atoms with Crippen LogP contribution in [0, 0.1) is 6.92 Å². The van der Waals surface area contributed by atoms with Crippen molar-refractivity contribution in [3.05, 3.63) is 47.8 Å². The Labute approximate surface area is 109 Å². The van der Waals surface area contributed by atoms with Gasteiger partial charge in [-0.1, -0.05) is 26.0 Å². The van der Waals surface area contributed by atoms with Gasteiger partial charge in [-0.15, -0.1) is 0 Å². The zero-order chi connectivity index (χ0) is 13.0. The van der Waals surface area contributed by atoms with E-state index in [1.165, 1.54) is 5.56 Å². The lowest BCUT2D eigenvalue weighted by Gasteiger charge is -2.17. The van der Waals surface area contributed by atoms with Crippen LogP contribution in [0.1, 0.15) is 37.6 Å². The van der Waals surface area contributed by atoms with Gasteiger partial charge in [0.05, 0.1) is 11.4 Å². The first kappa shape index (κ1) is 12.8. The van der Waals surface area contributed by atoms with Crippen molar-refractivity contribution in [2.75, 3.05) is 6.54 Å². The van der Waals surface area contributed by atoms with Crippen LogP contribution >= 0.6 is 0 Å². The summed E-state index contributed by atoms with van der Waals surface area (Å²) in [5, 5.41) is 7.95. The molecule has 0 bridgehead atoms. The van der Waals surface area contributed by atoms with E-state index in [0.717, 1.165) is 24.3 Å². The van der Waals surface area contributed by atoms with Crippen LogP contribution in [0.25, 0.3) is 5.69 Å². The summed E-state index contributed by atoms with van der Waals surface area (Å²) in [5.41, 5.74) is 3.49. The highest BCUT2D eigenvalue weighted by atomic mass is 15.3. The van der Waals surface area contributed by atoms with Gasteiger partial charge in [-0.25, -0.2) is 4.68 Å². The molecule has 0 saturated carbocycles. The van der Waals surface area contributed by atoms with Gasteiger partial charge in [-0.2, -0.15) is 5.10 Å². The molecule has 0 fully saturated rings. The van der Waals surface area contributed by atoms with Gasteiger partial charge in [0.2, 0.25) is 0 Å². The van der Waals surface area contributed by atoms with Crippen LogP contribution in [0.5, 0.6) is 0 Å². The summed E-state index contributed by atoms with van der Waals surface area (Å²) in [7, 11) is 0. The molecule has 0 aliphatic rings. The van der Waals surface area contributed by atoms with E-state index in [1.807, 2.05) is 23.9 Å². The number of hydrogen-bond acceptors (Lipinski definition) is 2. The van der Waals surface area contributed by atoms with Gasteiger partial charge in [0.1, 0.15) is 0 Å². The molecule has 0 saturated heterocycles. The summed E-state index contributed by atoms with van der Waals surface area (Å²) in [6, 6.07) is 11.0. The van der Waals surface area contributed by atoms with E-state index in [9.17, 15) is 0 Å². The molecule has 1 N–H and O–H groups in total. The Hall–Kier alpha value is -1.61. The number of aryl methyl sites for hydroxylation is 1. The highest BCUT2D eigenvalue weighted by molar-refractivity contribution is 5.36. The molecule has 1 aromatic carbocycles. The standard InChI is InChI=1S/C15H21N3/c1-4-15(16-5-2)13-7-6-8-14(11-13)18-10-9-12(3)17-18/h6-11,15-16H,4-5H2,1-3H3. The van der Waals surface area contributed by atoms with E-state index in [4.69, 9.17) is 0 Å². The van der Waals surface area contributed by atoms with Crippen LogP contribution in [0.4, 0.5) is 0 Å². The first-order valence-electron chi connectivity index (χ1n) is 6.60. The van der Waals surface area contributed by atoms with E-state index in [2.05, 4.69) is 48.5 Å². The van der Waals surface area contributed by atoms with Gasteiger partial charge < -0.3 is 5.32 Å². The molecular formula is C15H21N3. The van der Waals surface area contributed by atoms with Crippen molar-refractivity contribution in [2.45, 2.75) is 33.2 Å². The molecule has 18 heavy (non-hydrogen) atoms. The minimum absolute atomic E-state index is 0.423. The molecule has 3 heteroatoms. The smallest absolute Gasteiger partial charge is 0.0648 e. The number of nitrogens with zero attached hydrogens (tertiary/aromatic N) is 2. The molecule has 1 aromatic heterocycles. The van der Waals surface area contributed by atoms with Gasteiger partial charge in [-0.3, -0.25) is 0 Å². The van der Waals surface area contributed by atoms with Crippen molar-refractivity contribution in [1.29, 1.82) is 0 Å². The van der Waals surface area contributed by atoms with Crippen molar-refractivity contribution < 1.29 is 0 Å². The summed E-state index contributed by atoms with van der Waals surface area (Å²) in [5.74, 6) is 0. The van der Waals surface area contributed by atoms with Gasteiger partial charge in [0.15, 0.2) is 0 Å². The van der Waals surface area contributed by atoms with Crippen LogP contribution in [0.3, 0.4) is 0 Å². The third-order valence-electron chi connectivity index (χ3n) is 3.12. The van der Waals surface area contributed by atoms with Gasteiger partial charge in [-0.05, 0) is 43.7 Å². The fourth-order valence-electron chi connectivity index (χ4n) is 2.19. The van der Waals surface area contributed by atoms with E-state index in [-0.39, 0.29) is 0 Å². The van der Waals surface area contributed by atoms with Gasteiger partial charge >= 0.3 is 0 Å². The summed E-state index contributed by atoms with van der Waals surface area (Å²) in [4.78, 5) is 0. The Morgan fingerprint density at radius 2 is 2.11 bits per heavy atom. The molecule has 2 aromatic rings. The third kappa shape index (κ3) is 2.79. The molecule has 0 amide bonds. The lowest BCUT2D eigenvalue weighted by Crippen LogP contribution is -2.20. The first-order chi connectivity index (χ1) is 8.74. The fourth-order valence-corrected chi connectivity index (χ4v) is 2.19. The molecule has 0 radical (unpaired) electrons. The molecule has 2 rings (SSSR count). The van der Waals surface area contributed by atoms with Crippen LogP contribution in [-0.4, -0.2) is 16.3 Å². The van der Waals surface area contributed by atoms with Gasteiger partial charge in [0.25, 0.3) is 0 Å². The van der Waals surface area contributed by atoms with Gasteiger partial charge in [0, 0.05) is 12.2 Å². The van der Waals surface area contributed by atoms with Crippen LogP contribution < -0.4 is 5.32 Å². The topological polar surface area (TPSA) is 29.9 Å². The van der Waals surface area contributed by atoms with Crippen LogP contribution in [0.15, 0.2) is 36.5 Å². The Morgan fingerprint density at radius 1 is 1.28 bits per heavy atom. The molecule has 0 aliphatic carbocycles. The van der Waals surface area contributed by atoms with Crippen molar-refractivity contribution in [2.24, 2.45) is 0 Å². The summed E-state index contributed by atoms with van der Waals surface area (Å²) < 4.78 is 1.93. The largest absolute Gasteiger partial charge is 0.310 e. The number of benzene rings is 1. The second-order valence-corrected chi connectivity index (χ2v) is 4.52. The number of hydrogen-bond donors (Lipinski definition) is 1. The van der Waals surface area contributed by atoms with Crippen LogP contribution in [0.2, 0.25) is 0 Å². The highest BCUT2D eigenvalue weighted by Gasteiger charge is 2.08. The number of aromatic nitrogens is 2. The number of nitrogens with one attached hydrogen (secondary N) is 1. The van der Waals surface area contributed by atoms with E-state index in [1.54, 1.807) is 0 Å². The maximum atomic E-state index is 4.45. The molecule has 0 aliphatic heterocycles. The molecule has 1 atom stereocenters. The molecule has 1 unspecified atom stereocenters. The summed E-state index contributed by atoms with van der Waals surface area (Å²) in [6.07, 6.45) is 3.10. The molecule has 3 nitrogen and oxygen atoms in total. The third-order valence-corrected chi connectivity index (χ3v) is 3.12. The fraction of sp³-hybridized carbons (Fsp3) is 0.400. The average Bonchev–Trinajstić information content (AvgIpc) is 2.83. The predicted molar refractivity (Wildman–Crippen MR) is 75.0 cm³/mol. The van der Waals surface area contributed by atoms with Crippen molar-refractivity contribution in [3.8, 4) is 5.69 Å². The van der Waals surface area contributed by atoms with E-state index < -0.39 is 0 Å². The lowest BCUT2D eigenvalue weighted by atomic mass is 10.0. The SMILES string of the molecule is CCNC(CC)c1cccc(-n2ccc(C)n2)c1. The minimum Gasteiger partial charge on any atom is -0.310 e. The average molecular weight is 243 g/mol. The molecule has 96 valence electrons. The monoisotopic (exact) mass is 243 g/mol. The Balaban J connectivity index is 2.29. The summed E-state index contributed by atoms with van der Waals surface area (Å²) in [6.45, 7) is 7.35. The highest BCUT2D eigenvalue weighted by Crippen LogP contribution is 2.19. The molecule has 0 spiro atoms. The van der Waals surface area contributed by atoms with E-state index >= 15 is 0 Å². The predicted octanol–water partition coefficient (Wildman–Crippen LogP) is 3.24. The van der Waals surface area contributed by atoms with Crippen molar-refractivity contribution >= 4 is 0 Å². The minimum atomic E-state index is 0.423. The quantitative estimate of drug-likeness (QED) is 0.873. The second kappa shape index (κ2) is 5.83. The second-order valence-electron chi connectivity index (χ2n) is 4.52. The summed E-state index contributed by atoms with van der Waals surface area (Å²) >= 11 is 0. The zero-order valence-electron chi connectivity index (χ0n) is 11.4. The molecule has 1 heterocycles. The lowest BCUT2D eigenvalue weighted by molar-refractivity contribution is 0.537. The Kier molecular flexibility index (Phi) is 4.15. The Bertz CT molecular complexity index is 502. The normalized spacial score (nSPS) is 12.6. The Morgan fingerprint density at radius 3 is 2.72 bits per heavy atom. The maximum absolute atomic E-state index is 4.45. The first-order valence-corrected chi connectivity index (χ1v) is 6.60. The van der Waals surface area contributed by atoms with E-state index in [0.29, 0.717) is 6.04 Å². The van der Waals surface area contributed by atoms with Crippen molar-refractivity contribution in [3.63, 3.8) is 0 Å². The van der Waals surface area contributed by atoms with Crippen LogP contribution in [-0.2, 0) is 0 Å². The maximum Gasteiger partial charge on any atom is 0.0648 e. The zero-order valence-corrected chi connectivity index (χ0v) is 11.4. The molecular weight excluding hydrogens is 222 g/mol.